The van der Waals surface area contributed by atoms with Crippen molar-refractivity contribution in [2.75, 3.05) is 13.6 Å². The van der Waals surface area contributed by atoms with Gasteiger partial charge in [0.2, 0.25) is 0 Å². The summed E-state index contributed by atoms with van der Waals surface area (Å²) in [6, 6.07) is 0.489. The largest absolute Gasteiger partial charge is 0.335 e. The summed E-state index contributed by atoms with van der Waals surface area (Å²) < 4.78 is 0. The van der Waals surface area contributed by atoms with Crippen LogP contribution in [0.25, 0.3) is 0 Å². The van der Waals surface area contributed by atoms with E-state index in [4.69, 9.17) is 5.73 Å². The summed E-state index contributed by atoms with van der Waals surface area (Å²) in [5.41, 5.74) is 5.82. The minimum absolute atomic E-state index is 0.0647. The average Bonchev–Trinajstić information content (AvgIpc) is 3.12. The number of carbonyl (C=O) groups is 1. The third-order valence-corrected chi connectivity index (χ3v) is 4.09. The first-order valence-electron chi connectivity index (χ1n) is 6.42. The highest BCUT2D eigenvalue weighted by atomic mass is 16.2. The van der Waals surface area contributed by atoms with Gasteiger partial charge in [-0.2, -0.15) is 0 Å². The van der Waals surface area contributed by atoms with E-state index in [0.29, 0.717) is 12.6 Å². The lowest BCUT2D eigenvalue weighted by Crippen LogP contribution is -2.58. The van der Waals surface area contributed by atoms with Gasteiger partial charge in [-0.05, 0) is 25.7 Å². The highest BCUT2D eigenvalue weighted by Crippen LogP contribution is 2.32. The lowest BCUT2D eigenvalue weighted by molar-refractivity contribution is 0.104. The standard InChI is InChI=1S/C12H23N3O/c1-15(11(16)14-10-5-6-10)12(9-13)7-3-2-4-8-12/h10H,2-9,13H2,1H3,(H,14,16). The Kier molecular flexibility index (Phi) is 3.38. The smallest absolute Gasteiger partial charge is 0.317 e. The number of carbonyl (C=O) groups excluding carboxylic acids is 1. The monoisotopic (exact) mass is 225 g/mol. The number of amides is 2. The molecular weight excluding hydrogens is 202 g/mol. The molecule has 0 radical (unpaired) electrons. The van der Waals surface area contributed by atoms with Crippen LogP contribution in [0.4, 0.5) is 4.79 Å². The second-order valence-corrected chi connectivity index (χ2v) is 5.27. The quantitative estimate of drug-likeness (QED) is 0.764. The zero-order valence-electron chi connectivity index (χ0n) is 10.2. The average molecular weight is 225 g/mol. The lowest BCUT2D eigenvalue weighted by atomic mass is 9.80. The maximum absolute atomic E-state index is 12.0. The van der Waals surface area contributed by atoms with Gasteiger partial charge in [-0.1, -0.05) is 19.3 Å². The number of urea groups is 1. The summed E-state index contributed by atoms with van der Waals surface area (Å²) in [7, 11) is 1.90. The first-order valence-corrected chi connectivity index (χ1v) is 6.42. The van der Waals surface area contributed by atoms with E-state index in [-0.39, 0.29) is 11.6 Å². The second kappa shape index (κ2) is 4.62. The van der Waals surface area contributed by atoms with Gasteiger partial charge in [0.1, 0.15) is 0 Å². The highest BCUT2D eigenvalue weighted by Gasteiger charge is 2.38. The Bertz CT molecular complexity index is 257. The third kappa shape index (κ3) is 2.32. The van der Waals surface area contributed by atoms with Crippen LogP contribution in [0.5, 0.6) is 0 Å². The molecule has 0 aliphatic heterocycles. The van der Waals surface area contributed by atoms with Gasteiger partial charge in [-0.15, -0.1) is 0 Å². The summed E-state index contributed by atoms with van der Waals surface area (Å²) in [6.07, 6.45) is 8.04. The van der Waals surface area contributed by atoms with E-state index in [0.717, 1.165) is 25.7 Å². The van der Waals surface area contributed by atoms with Crippen LogP contribution in [0, 0.1) is 0 Å². The maximum Gasteiger partial charge on any atom is 0.317 e. The first-order chi connectivity index (χ1) is 7.68. The van der Waals surface area contributed by atoms with E-state index >= 15 is 0 Å². The predicted molar refractivity (Wildman–Crippen MR) is 64.2 cm³/mol. The number of nitrogens with zero attached hydrogens (tertiary/aromatic N) is 1. The summed E-state index contributed by atoms with van der Waals surface area (Å²) >= 11 is 0. The number of likely N-dealkylation sites (N-methyl/N-ethyl adjacent to an activating group) is 1. The Morgan fingerprint density at radius 2 is 2.00 bits per heavy atom. The molecule has 2 amide bonds. The van der Waals surface area contributed by atoms with Crippen molar-refractivity contribution in [2.24, 2.45) is 5.73 Å². The van der Waals surface area contributed by atoms with Crippen LogP contribution in [-0.4, -0.2) is 36.1 Å². The van der Waals surface area contributed by atoms with Gasteiger partial charge in [-0.25, -0.2) is 4.79 Å². The Morgan fingerprint density at radius 3 is 2.50 bits per heavy atom. The van der Waals surface area contributed by atoms with E-state index in [1.54, 1.807) is 0 Å². The molecule has 4 heteroatoms. The zero-order valence-corrected chi connectivity index (χ0v) is 10.2. The van der Waals surface area contributed by atoms with Crippen LogP contribution in [0.3, 0.4) is 0 Å². The van der Waals surface area contributed by atoms with Crippen molar-refractivity contribution >= 4 is 6.03 Å². The zero-order chi connectivity index (χ0) is 11.6. The molecule has 0 bridgehead atoms. The molecular formula is C12H23N3O. The molecule has 2 rings (SSSR count). The molecule has 2 saturated carbocycles. The Hall–Kier alpha value is -0.770. The molecule has 0 unspecified atom stereocenters. The van der Waals surface area contributed by atoms with Crippen LogP contribution in [0.1, 0.15) is 44.9 Å². The number of hydrogen-bond donors (Lipinski definition) is 2. The van der Waals surface area contributed by atoms with Gasteiger partial charge < -0.3 is 16.0 Å². The summed E-state index contributed by atoms with van der Waals surface area (Å²) in [5, 5.41) is 3.04. The summed E-state index contributed by atoms with van der Waals surface area (Å²) in [6.45, 7) is 0.585. The SMILES string of the molecule is CN(C(=O)NC1CC1)C1(CN)CCCCC1. The van der Waals surface area contributed by atoms with Gasteiger partial charge >= 0.3 is 6.03 Å². The Morgan fingerprint density at radius 1 is 1.38 bits per heavy atom. The van der Waals surface area contributed by atoms with E-state index in [1.165, 1.54) is 19.3 Å². The van der Waals surface area contributed by atoms with Crippen molar-refractivity contribution in [1.29, 1.82) is 0 Å². The third-order valence-electron chi connectivity index (χ3n) is 4.09. The lowest BCUT2D eigenvalue weighted by Gasteiger charge is -2.43. The predicted octanol–water partition coefficient (Wildman–Crippen LogP) is 1.45. The number of nitrogens with two attached hydrogens (primary N) is 1. The van der Waals surface area contributed by atoms with Crippen molar-refractivity contribution < 1.29 is 4.79 Å². The number of hydrogen-bond acceptors (Lipinski definition) is 2. The number of nitrogens with one attached hydrogen (secondary N) is 1. The van der Waals surface area contributed by atoms with E-state index < -0.39 is 0 Å². The van der Waals surface area contributed by atoms with Crippen LogP contribution in [0.15, 0.2) is 0 Å². The molecule has 0 spiro atoms. The van der Waals surface area contributed by atoms with Gasteiger partial charge in [0.25, 0.3) is 0 Å². The fourth-order valence-corrected chi connectivity index (χ4v) is 2.60. The molecule has 0 aromatic heterocycles. The van der Waals surface area contributed by atoms with E-state index in [9.17, 15) is 4.79 Å². The topological polar surface area (TPSA) is 58.4 Å². The summed E-state index contributed by atoms with van der Waals surface area (Å²) in [5.74, 6) is 0. The normalized spacial score (nSPS) is 23.9. The molecule has 0 aromatic carbocycles. The first kappa shape index (κ1) is 11.7. The fraction of sp³-hybridized carbons (Fsp3) is 0.917. The Labute approximate surface area is 97.6 Å². The molecule has 2 fully saturated rings. The van der Waals surface area contributed by atoms with Crippen molar-refractivity contribution in [3.8, 4) is 0 Å². The van der Waals surface area contributed by atoms with Gasteiger partial charge in [0.05, 0.1) is 5.54 Å². The van der Waals surface area contributed by atoms with Gasteiger partial charge in [0, 0.05) is 19.6 Å². The van der Waals surface area contributed by atoms with Gasteiger partial charge in [0.15, 0.2) is 0 Å². The molecule has 0 heterocycles. The van der Waals surface area contributed by atoms with Crippen molar-refractivity contribution in [2.45, 2.75) is 56.5 Å². The van der Waals surface area contributed by atoms with Crippen molar-refractivity contribution in [3.05, 3.63) is 0 Å². The molecule has 2 aliphatic rings. The minimum Gasteiger partial charge on any atom is -0.335 e. The molecule has 2 aliphatic carbocycles. The van der Waals surface area contributed by atoms with Crippen LogP contribution in [0.2, 0.25) is 0 Å². The van der Waals surface area contributed by atoms with Crippen molar-refractivity contribution in [3.63, 3.8) is 0 Å². The van der Waals surface area contributed by atoms with Crippen LogP contribution in [-0.2, 0) is 0 Å². The number of rotatable bonds is 3. The second-order valence-electron chi connectivity index (χ2n) is 5.27. The van der Waals surface area contributed by atoms with Gasteiger partial charge in [-0.3, -0.25) is 0 Å². The molecule has 4 nitrogen and oxygen atoms in total. The highest BCUT2D eigenvalue weighted by molar-refractivity contribution is 5.75. The van der Waals surface area contributed by atoms with E-state index in [1.807, 2.05) is 11.9 Å². The molecule has 0 saturated heterocycles. The molecule has 3 N–H and O–H groups in total. The molecule has 0 atom stereocenters. The molecule has 92 valence electrons. The summed E-state index contributed by atoms with van der Waals surface area (Å²) in [4.78, 5) is 13.9. The minimum atomic E-state index is -0.0861. The van der Waals surface area contributed by atoms with E-state index in [2.05, 4.69) is 5.32 Å². The fourth-order valence-electron chi connectivity index (χ4n) is 2.60. The van der Waals surface area contributed by atoms with Crippen molar-refractivity contribution in [1.82, 2.24) is 10.2 Å². The molecule has 0 aromatic rings. The Balaban J connectivity index is 1.97. The maximum atomic E-state index is 12.0. The molecule has 16 heavy (non-hydrogen) atoms. The van der Waals surface area contributed by atoms with Crippen LogP contribution < -0.4 is 11.1 Å². The van der Waals surface area contributed by atoms with Crippen LogP contribution >= 0.6 is 0 Å².